The highest BCUT2D eigenvalue weighted by atomic mass is 16.2. The highest BCUT2D eigenvalue weighted by Crippen LogP contribution is 2.32. The molecule has 2 aliphatic rings. The number of carbonyl (C=O) groups excluding carboxylic acids is 2. The fourth-order valence-corrected chi connectivity index (χ4v) is 2.78. The van der Waals surface area contributed by atoms with Gasteiger partial charge in [-0.2, -0.15) is 0 Å². The Kier molecular flexibility index (Phi) is 3.17. The normalized spacial score (nSPS) is 35.4. The lowest BCUT2D eigenvalue weighted by Crippen LogP contribution is -2.58. The van der Waals surface area contributed by atoms with Gasteiger partial charge < -0.3 is 10.2 Å². The van der Waals surface area contributed by atoms with Crippen molar-refractivity contribution in [3.63, 3.8) is 0 Å². The first kappa shape index (κ1) is 11.4. The van der Waals surface area contributed by atoms with Gasteiger partial charge in [-0.05, 0) is 25.2 Å². The molecule has 3 atom stereocenters. The number of carbonyl (C=O) groups is 2. The molecule has 16 heavy (non-hydrogen) atoms. The Hall–Kier alpha value is -1.06. The van der Waals surface area contributed by atoms with Crippen molar-refractivity contribution >= 4 is 11.8 Å². The zero-order chi connectivity index (χ0) is 11.7. The van der Waals surface area contributed by atoms with Gasteiger partial charge in [-0.1, -0.05) is 19.8 Å². The summed E-state index contributed by atoms with van der Waals surface area (Å²) in [6.45, 7) is 4.99. The molecule has 2 amide bonds. The number of hydrogen-bond acceptors (Lipinski definition) is 2. The summed E-state index contributed by atoms with van der Waals surface area (Å²) < 4.78 is 0. The number of rotatable bonds is 2. The molecule has 1 saturated carbocycles. The van der Waals surface area contributed by atoms with Gasteiger partial charge in [0.25, 0.3) is 0 Å². The third-order valence-corrected chi connectivity index (χ3v) is 4.05. The molecule has 0 bridgehead atoms. The minimum atomic E-state index is -0.297. The molecule has 2 rings (SSSR count). The van der Waals surface area contributed by atoms with Gasteiger partial charge >= 0.3 is 0 Å². The Labute approximate surface area is 96.4 Å². The van der Waals surface area contributed by atoms with Crippen molar-refractivity contribution in [2.24, 2.45) is 11.8 Å². The fourth-order valence-electron chi connectivity index (χ4n) is 2.78. The maximum atomic E-state index is 11.8. The van der Waals surface area contributed by atoms with E-state index >= 15 is 0 Å². The molecule has 0 aromatic rings. The second kappa shape index (κ2) is 4.44. The average molecular weight is 224 g/mol. The van der Waals surface area contributed by atoms with Crippen molar-refractivity contribution in [1.82, 2.24) is 10.2 Å². The summed E-state index contributed by atoms with van der Waals surface area (Å²) in [4.78, 5) is 25.0. The minimum absolute atomic E-state index is 0.0229. The van der Waals surface area contributed by atoms with Crippen molar-refractivity contribution in [3.05, 3.63) is 0 Å². The van der Waals surface area contributed by atoms with E-state index in [2.05, 4.69) is 12.2 Å². The summed E-state index contributed by atoms with van der Waals surface area (Å²) in [5, 5.41) is 2.62. The molecule has 1 aliphatic carbocycles. The molecule has 4 nitrogen and oxygen atoms in total. The van der Waals surface area contributed by atoms with E-state index in [1.54, 1.807) is 4.90 Å². The van der Waals surface area contributed by atoms with Gasteiger partial charge in [0.05, 0.1) is 6.54 Å². The van der Waals surface area contributed by atoms with Crippen LogP contribution in [0.2, 0.25) is 0 Å². The van der Waals surface area contributed by atoms with Gasteiger partial charge in [0, 0.05) is 6.54 Å². The van der Waals surface area contributed by atoms with Gasteiger partial charge in [0.2, 0.25) is 11.8 Å². The zero-order valence-corrected chi connectivity index (χ0v) is 10.0. The summed E-state index contributed by atoms with van der Waals surface area (Å²) in [7, 11) is 0. The van der Waals surface area contributed by atoms with Crippen LogP contribution >= 0.6 is 0 Å². The van der Waals surface area contributed by atoms with Crippen LogP contribution in [0.3, 0.4) is 0 Å². The molecule has 90 valence electrons. The largest absolute Gasteiger partial charge is 0.345 e. The Balaban J connectivity index is 2.01. The Morgan fingerprint density at radius 2 is 2.06 bits per heavy atom. The van der Waals surface area contributed by atoms with Crippen molar-refractivity contribution < 1.29 is 9.59 Å². The molecular weight excluding hydrogens is 204 g/mol. The van der Waals surface area contributed by atoms with Gasteiger partial charge in [0.1, 0.15) is 6.04 Å². The van der Waals surface area contributed by atoms with Crippen LogP contribution < -0.4 is 5.32 Å². The molecular formula is C12H20N2O2. The number of nitrogens with zero attached hydrogens (tertiary/aromatic N) is 1. The van der Waals surface area contributed by atoms with E-state index in [-0.39, 0.29) is 24.4 Å². The third kappa shape index (κ3) is 2.06. The Bertz CT molecular complexity index is 303. The smallest absolute Gasteiger partial charge is 0.242 e. The van der Waals surface area contributed by atoms with Gasteiger partial charge in [-0.25, -0.2) is 0 Å². The van der Waals surface area contributed by atoms with Crippen LogP contribution in [0.25, 0.3) is 0 Å². The van der Waals surface area contributed by atoms with E-state index in [4.69, 9.17) is 0 Å². The number of hydrogen-bond donors (Lipinski definition) is 1. The molecule has 1 N–H and O–H groups in total. The SMILES string of the molecule is CC1CCCC1CN1C(=O)CNC(=O)C1C. The quantitative estimate of drug-likeness (QED) is 0.753. The molecule has 4 heteroatoms. The predicted octanol–water partition coefficient (Wildman–Crippen LogP) is 0.769. The number of amides is 2. The number of piperazine rings is 1. The molecule has 3 unspecified atom stereocenters. The fraction of sp³-hybridized carbons (Fsp3) is 0.833. The monoisotopic (exact) mass is 224 g/mol. The molecule has 0 radical (unpaired) electrons. The summed E-state index contributed by atoms with van der Waals surface area (Å²) in [5.74, 6) is 1.30. The van der Waals surface area contributed by atoms with Crippen LogP contribution in [0, 0.1) is 11.8 Å². The third-order valence-electron chi connectivity index (χ3n) is 4.05. The predicted molar refractivity (Wildman–Crippen MR) is 60.7 cm³/mol. The van der Waals surface area contributed by atoms with Gasteiger partial charge in [-0.3, -0.25) is 9.59 Å². The molecule has 0 aromatic carbocycles. The molecule has 1 saturated heterocycles. The summed E-state index contributed by atoms with van der Waals surface area (Å²) in [6, 6.07) is -0.297. The lowest BCUT2D eigenvalue weighted by molar-refractivity contribution is -0.145. The van der Waals surface area contributed by atoms with E-state index in [1.165, 1.54) is 19.3 Å². The van der Waals surface area contributed by atoms with Crippen LogP contribution in [-0.4, -0.2) is 35.8 Å². The lowest BCUT2D eigenvalue weighted by atomic mass is 9.96. The Morgan fingerprint density at radius 1 is 1.31 bits per heavy atom. The first-order chi connectivity index (χ1) is 7.59. The first-order valence-electron chi connectivity index (χ1n) is 6.16. The maximum absolute atomic E-state index is 11.8. The van der Waals surface area contributed by atoms with Crippen LogP contribution in [-0.2, 0) is 9.59 Å². The lowest BCUT2D eigenvalue weighted by Gasteiger charge is -2.35. The highest BCUT2D eigenvalue weighted by molar-refractivity contribution is 5.94. The first-order valence-corrected chi connectivity index (χ1v) is 6.16. The van der Waals surface area contributed by atoms with Crippen molar-refractivity contribution in [2.45, 2.75) is 39.2 Å². The highest BCUT2D eigenvalue weighted by Gasteiger charge is 2.34. The molecule has 2 fully saturated rings. The molecule has 1 aliphatic heterocycles. The van der Waals surface area contributed by atoms with Crippen LogP contribution in [0.5, 0.6) is 0 Å². The Morgan fingerprint density at radius 3 is 2.69 bits per heavy atom. The van der Waals surface area contributed by atoms with Crippen molar-refractivity contribution in [3.8, 4) is 0 Å². The topological polar surface area (TPSA) is 49.4 Å². The molecule has 0 aromatic heterocycles. The molecule has 0 spiro atoms. The van der Waals surface area contributed by atoms with Crippen LogP contribution in [0.4, 0.5) is 0 Å². The van der Waals surface area contributed by atoms with Crippen molar-refractivity contribution in [1.29, 1.82) is 0 Å². The van der Waals surface area contributed by atoms with E-state index in [0.29, 0.717) is 11.8 Å². The molecule has 1 heterocycles. The van der Waals surface area contributed by atoms with Gasteiger partial charge in [0.15, 0.2) is 0 Å². The second-order valence-corrected chi connectivity index (χ2v) is 5.11. The second-order valence-electron chi connectivity index (χ2n) is 5.11. The van der Waals surface area contributed by atoms with E-state index in [0.717, 1.165) is 6.54 Å². The number of nitrogens with one attached hydrogen (secondary N) is 1. The average Bonchev–Trinajstić information content (AvgIpc) is 2.65. The zero-order valence-electron chi connectivity index (χ0n) is 10.0. The van der Waals surface area contributed by atoms with Crippen LogP contribution in [0.1, 0.15) is 33.1 Å². The van der Waals surface area contributed by atoms with E-state index in [9.17, 15) is 9.59 Å². The van der Waals surface area contributed by atoms with Crippen LogP contribution in [0.15, 0.2) is 0 Å². The van der Waals surface area contributed by atoms with Gasteiger partial charge in [-0.15, -0.1) is 0 Å². The van der Waals surface area contributed by atoms with Crippen molar-refractivity contribution in [2.75, 3.05) is 13.1 Å². The maximum Gasteiger partial charge on any atom is 0.242 e. The summed E-state index contributed by atoms with van der Waals surface area (Å²) in [5.41, 5.74) is 0. The summed E-state index contributed by atoms with van der Waals surface area (Å²) >= 11 is 0. The van der Waals surface area contributed by atoms with E-state index < -0.39 is 0 Å². The minimum Gasteiger partial charge on any atom is -0.345 e. The standard InChI is InChI=1S/C12H20N2O2/c1-8-4-3-5-10(8)7-14-9(2)12(16)13-6-11(14)15/h8-10H,3-7H2,1-2H3,(H,13,16). The summed E-state index contributed by atoms with van der Waals surface area (Å²) in [6.07, 6.45) is 3.71. The van der Waals surface area contributed by atoms with E-state index in [1.807, 2.05) is 6.92 Å².